The number of hydrogen-bond acceptors (Lipinski definition) is 5. The van der Waals surface area contributed by atoms with Crippen LogP contribution in [0.4, 0.5) is 11.4 Å². The summed E-state index contributed by atoms with van der Waals surface area (Å²) in [6.45, 7) is 2.31. The number of rotatable bonds is 5. The average molecular weight is 418 g/mol. The number of carbonyl (C=O) groups is 2. The summed E-state index contributed by atoms with van der Waals surface area (Å²) in [5.74, 6) is 1.62. The van der Waals surface area contributed by atoms with Gasteiger partial charge in [-0.05, 0) is 37.3 Å². The molecule has 4 rings (SSSR count). The van der Waals surface area contributed by atoms with Crippen molar-refractivity contribution < 1.29 is 23.8 Å². The lowest BCUT2D eigenvalue weighted by atomic mass is 10.1. The van der Waals surface area contributed by atoms with E-state index in [4.69, 9.17) is 14.2 Å². The van der Waals surface area contributed by atoms with E-state index in [1.807, 2.05) is 13.0 Å². The summed E-state index contributed by atoms with van der Waals surface area (Å²) in [5, 5.41) is 2.85. The molecule has 2 amide bonds. The van der Waals surface area contributed by atoms with E-state index in [1.54, 1.807) is 73.7 Å². The third-order valence-corrected chi connectivity index (χ3v) is 5.02. The summed E-state index contributed by atoms with van der Waals surface area (Å²) < 4.78 is 16.5. The second kappa shape index (κ2) is 8.39. The van der Waals surface area contributed by atoms with Crippen molar-refractivity contribution in [3.05, 3.63) is 71.8 Å². The highest BCUT2D eigenvalue weighted by molar-refractivity contribution is 6.11. The lowest BCUT2D eigenvalue weighted by Gasteiger charge is -2.20. The molecule has 0 unspecified atom stereocenters. The Hall–Kier alpha value is -4.00. The molecule has 3 aromatic rings. The number of hydrogen-bond donors (Lipinski definition) is 1. The molecule has 158 valence electrons. The Morgan fingerprint density at radius 1 is 0.968 bits per heavy atom. The lowest BCUT2D eigenvalue weighted by Crippen LogP contribution is -2.30. The first-order chi connectivity index (χ1) is 15.0. The Morgan fingerprint density at radius 3 is 2.35 bits per heavy atom. The second-order valence-corrected chi connectivity index (χ2v) is 6.89. The maximum absolute atomic E-state index is 13.1. The van der Waals surface area contributed by atoms with Crippen molar-refractivity contribution in [2.75, 3.05) is 31.0 Å². The molecule has 0 spiro atoms. The van der Waals surface area contributed by atoms with E-state index in [0.29, 0.717) is 52.0 Å². The fourth-order valence-corrected chi connectivity index (χ4v) is 3.46. The highest BCUT2D eigenvalue weighted by Crippen LogP contribution is 2.39. The number of fused-ring (bicyclic) bond motifs is 2. The molecule has 1 aliphatic rings. The van der Waals surface area contributed by atoms with E-state index in [-0.39, 0.29) is 11.8 Å². The van der Waals surface area contributed by atoms with Gasteiger partial charge >= 0.3 is 0 Å². The fraction of sp³-hybridized carbons (Fsp3) is 0.167. The van der Waals surface area contributed by atoms with Crippen LogP contribution >= 0.6 is 0 Å². The SMILES string of the molecule is CCN1C(=O)c2ccccc2Oc2ccc(C(=O)Nc3cc(OC)cc(OC)c3)cc21. The maximum Gasteiger partial charge on any atom is 0.262 e. The lowest BCUT2D eigenvalue weighted by molar-refractivity contribution is 0.0985. The van der Waals surface area contributed by atoms with E-state index in [2.05, 4.69) is 5.32 Å². The van der Waals surface area contributed by atoms with Gasteiger partial charge in [-0.2, -0.15) is 0 Å². The molecule has 0 saturated heterocycles. The van der Waals surface area contributed by atoms with E-state index >= 15 is 0 Å². The van der Waals surface area contributed by atoms with Crippen molar-refractivity contribution in [1.82, 2.24) is 0 Å². The molecule has 0 saturated carbocycles. The Balaban J connectivity index is 1.67. The molecule has 1 N–H and O–H groups in total. The van der Waals surface area contributed by atoms with Crippen LogP contribution in [0.15, 0.2) is 60.7 Å². The Kier molecular flexibility index (Phi) is 5.49. The predicted octanol–water partition coefficient (Wildman–Crippen LogP) is 4.73. The summed E-state index contributed by atoms with van der Waals surface area (Å²) in [5.41, 5.74) is 1.94. The normalized spacial score (nSPS) is 12.2. The van der Waals surface area contributed by atoms with Crippen LogP contribution in [0.3, 0.4) is 0 Å². The highest BCUT2D eigenvalue weighted by Gasteiger charge is 2.27. The molecule has 0 aliphatic carbocycles. The van der Waals surface area contributed by atoms with Gasteiger partial charge in [0.15, 0.2) is 5.75 Å². The molecule has 7 nitrogen and oxygen atoms in total. The van der Waals surface area contributed by atoms with E-state index in [0.717, 1.165) is 0 Å². The largest absolute Gasteiger partial charge is 0.497 e. The van der Waals surface area contributed by atoms with Gasteiger partial charge in [-0.3, -0.25) is 9.59 Å². The zero-order valence-corrected chi connectivity index (χ0v) is 17.5. The van der Waals surface area contributed by atoms with Crippen molar-refractivity contribution in [3.63, 3.8) is 0 Å². The zero-order chi connectivity index (χ0) is 22.0. The number of ether oxygens (including phenoxy) is 3. The van der Waals surface area contributed by atoms with Gasteiger partial charge in [0.05, 0.1) is 25.5 Å². The molecule has 31 heavy (non-hydrogen) atoms. The third kappa shape index (κ3) is 3.90. The van der Waals surface area contributed by atoms with Crippen LogP contribution < -0.4 is 24.4 Å². The molecule has 1 aliphatic heterocycles. The van der Waals surface area contributed by atoms with Crippen molar-refractivity contribution in [2.45, 2.75) is 6.92 Å². The van der Waals surface area contributed by atoms with E-state index < -0.39 is 0 Å². The minimum atomic E-state index is -0.330. The van der Waals surface area contributed by atoms with Crippen molar-refractivity contribution in [2.24, 2.45) is 0 Å². The van der Waals surface area contributed by atoms with Crippen molar-refractivity contribution in [3.8, 4) is 23.0 Å². The monoisotopic (exact) mass is 418 g/mol. The van der Waals surface area contributed by atoms with Crippen LogP contribution in [-0.4, -0.2) is 32.6 Å². The smallest absolute Gasteiger partial charge is 0.262 e. The first-order valence-electron chi connectivity index (χ1n) is 9.81. The van der Waals surface area contributed by atoms with Crippen molar-refractivity contribution in [1.29, 1.82) is 0 Å². The molecular formula is C24H22N2O5. The van der Waals surface area contributed by atoms with Crippen LogP contribution in [0.5, 0.6) is 23.0 Å². The minimum absolute atomic E-state index is 0.174. The summed E-state index contributed by atoms with van der Waals surface area (Å²) in [6, 6.07) is 17.3. The van der Waals surface area contributed by atoms with E-state index in [9.17, 15) is 9.59 Å². The number of para-hydroxylation sites is 1. The molecular weight excluding hydrogens is 396 g/mol. The maximum atomic E-state index is 13.1. The molecule has 0 radical (unpaired) electrons. The number of amides is 2. The number of anilines is 2. The molecule has 3 aromatic carbocycles. The van der Waals surface area contributed by atoms with Crippen molar-refractivity contribution >= 4 is 23.2 Å². The van der Waals surface area contributed by atoms with Gasteiger partial charge < -0.3 is 24.4 Å². The highest BCUT2D eigenvalue weighted by atomic mass is 16.5. The second-order valence-electron chi connectivity index (χ2n) is 6.89. The number of nitrogens with zero attached hydrogens (tertiary/aromatic N) is 1. The quantitative estimate of drug-likeness (QED) is 0.648. The predicted molar refractivity (Wildman–Crippen MR) is 118 cm³/mol. The van der Waals surface area contributed by atoms with Gasteiger partial charge in [-0.25, -0.2) is 0 Å². The Bertz CT molecular complexity index is 1140. The Morgan fingerprint density at radius 2 is 1.68 bits per heavy atom. The summed E-state index contributed by atoms with van der Waals surface area (Å²) in [6.07, 6.45) is 0. The van der Waals surface area contributed by atoms with Gasteiger partial charge in [-0.15, -0.1) is 0 Å². The number of benzene rings is 3. The number of methoxy groups -OCH3 is 2. The molecule has 7 heteroatoms. The molecule has 0 atom stereocenters. The fourth-order valence-electron chi connectivity index (χ4n) is 3.46. The number of carbonyl (C=O) groups excluding carboxylic acids is 2. The third-order valence-electron chi connectivity index (χ3n) is 5.02. The Labute approximate surface area is 180 Å². The minimum Gasteiger partial charge on any atom is -0.497 e. The summed E-state index contributed by atoms with van der Waals surface area (Å²) in [4.78, 5) is 27.6. The first-order valence-corrected chi connectivity index (χ1v) is 9.81. The summed E-state index contributed by atoms with van der Waals surface area (Å²) in [7, 11) is 3.09. The average Bonchev–Trinajstić information content (AvgIpc) is 2.91. The van der Waals surface area contributed by atoms with Gasteiger partial charge in [0.25, 0.3) is 11.8 Å². The van der Waals surface area contributed by atoms with Crippen LogP contribution in [-0.2, 0) is 0 Å². The molecule has 0 aromatic heterocycles. The van der Waals surface area contributed by atoms with Gasteiger partial charge in [0, 0.05) is 36.0 Å². The van der Waals surface area contributed by atoms with Crippen LogP contribution in [0.1, 0.15) is 27.6 Å². The first kappa shape index (κ1) is 20.3. The molecule has 0 fully saturated rings. The van der Waals surface area contributed by atoms with Crippen LogP contribution in [0.25, 0.3) is 0 Å². The summed E-state index contributed by atoms with van der Waals surface area (Å²) >= 11 is 0. The standard InChI is InChI=1S/C24H22N2O5/c1-4-26-20-11-15(23(27)25-16-12-17(29-2)14-18(13-16)30-3)9-10-22(20)31-21-8-6-5-7-19(21)24(26)28/h5-14H,4H2,1-3H3,(H,25,27). The van der Waals surface area contributed by atoms with Crippen LogP contribution in [0.2, 0.25) is 0 Å². The van der Waals surface area contributed by atoms with Gasteiger partial charge in [0.2, 0.25) is 0 Å². The molecule has 0 bridgehead atoms. The zero-order valence-electron chi connectivity index (χ0n) is 17.5. The van der Waals surface area contributed by atoms with Crippen LogP contribution in [0, 0.1) is 0 Å². The topological polar surface area (TPSA) is 77.1 Å². The van der Waals surface area contributed by atoms with Gasteiger partial charge in [-0.1, -0.05) is 12.1 Å². The van der Waals surface area contributed by atoms with E-state index in [1.165, 1.54) is 0 Å². The number of nitrogens with one attached hydrogen (secondary N) is 1. The molecule has 1 heterocycles. The van der Waals surface area contributed by atoms with Gasteiger partial charge in [0.1, 0.15) is 17.2 Å².